The van der Waals surface area contributed by atoms with E-state index >= 15 is 0 Å². The molecule has 30 heavy (non-hydrogen) atoms. The predicted molar refractivity (Wildman–Crippen MR) is 110 cm³/mol. The maximum Gasteiger partial charge on any atom is 0.335 e. The Morgan fingerprint density at radius 1 is 0.800 bits per heavy atom. The van der Waals surface area contributed by atoms with E-state index in [1.807, 2.05) is 24.3 Å². The molecule has 0 aromatic heterocycles. The molecule has 0 unspecified atom stereocenters. The van der Waals surface area contributed by atoms with E-state index in [0.717, 1.165) is 11.1 Å². The van der Waals surface area contributed by atoms with E-state index in [2.05, 4.69) is 0 Å². The van der Waals surface area contributed by atoms with Crippen LogP contribution in [0.3, 0.4) is 0 Å². The van der Waals surface area contributed by atoms with E-state index in [1.54, 1.807) is 48.5 Å². The van der Waals surface area contributed by atoms with E-state index in [-0.39, 0.29) is 17.4 Å². The molecule has 1 heterocycles. The summed E-state index contributed by atoms with van der Waals surface area (Å²) in [6, 6.07) is 20.9. The minimum absolute atomic E-state index is 0.237. The molecular formula is C24H19NO5. The van der Waals surface area contributed by atoms with Gasteiger partial charge in [-0.3, -0.25) is 14.5 Å². The number of amides is 2. The maximum absolute atomic E-state index is 12.4. The summed E-state index contributed by atoms with van der Waals surface area (Å²) >= 11 is 0. The quantitative estimate of drug-likeness (QED) is 0.609. The number of carbonyl (C=O) groups excluding carboxylic acids is 2. The van der Waals surface area contributed by atoms with Crippen LogP contribution in [0.4, 0.5) is 0 Å². The lowest BCUT2D eigenvalue weighted by Crippen LogP contribution is -2.31. The fourth-order valence-corrected chi connectivity index (χ4v) is 3.35. The van der Waals surface area contributed by atoms with Crippen LogP contribution in [0.2, 0.25) is 0 Å². The van der Waals surface area contributed by atoms with E-state index in [0.29, 0.717) is 36.4 Å². The highest BCUT2D eigenvalue weighted by Crippen LogP contribution is 2.23. The summed E-state index contributed by atoms with van der Waals surface area (Å²) < 4.78 is 5.74. The van der Waals surface area contributed by atoms with Crippen LogP contribution in [0.5, 0.6) is 5.75 Å². The molecule has 1 aliphatic rings. The molecule has 0 aliphatic carbocycles. The second-order valence-corrected chi connectivity index (χ2v) is 6.99. The Hall–Kier alpha value is -3.93. The van der Waals surface area contributed by atoms with Crippen molar-refractivity contribution in [2.75, 3.05) is 6.54 Å². The summed E-state index contributed by atoms with van der Waals surface area (Å²) in [5, 5.41) is 8.93. The minimum atomic E-state index is -0.959. The summed E-state index contributed by atoms with van der Waals surface area (Å²) in [4.78, 5) is 37.0. The summed E-state index contributed by atoms with van der Waals surface area (Å²) in [6.45, 7) is 0.650. The highest BCUT2D eigenvalue weighted by Gasteiger charge is 2.34. The molecule has 0 bridgehead atoms. The molecular weight excluding hydrogens is 382 g/mol. The van der Waals surface area contributed by atoms with Gasteiger partial charge in [-0.15, -0.1) is 0 Å². The monoisotopic (exact) mass is 401 g/mol. The normalized spacial score (nSPS) is 12.7. The number of ether oxygens (including phenoxy) is 1. The van der Waals surface area contributed by atoms with Crippen LogP contribution in [0.25, 0.3) is 0 Å². The van der Waals surface area contributed by atoms with Crippen molar-refractivity contribution < 1.29 is 24.2 Å². The fourth-order valence-electron chi connectivity index (χ4n) is 3.35. The van der Waals surface area contributed by atoms with Crippen LogP contribution in [-0.4, -0.2) is 34.3 Å². The molecule has 1 N–H and O–H groups in total. The summed E-state index contributed by atoms with van der Waals surface area (Å²) in [5.41, 5.74) is 3.02. The first-order chi connectivity index (χ1) is 14.5. The third-order valence-electron chi connectivity index (χ3n) is 5.03. The molecule has 0 atom stereocenters. The Kier molecular flexibility index (Phi) is 5.30. The Labute approximate surface area is 173 Å². The molecule has 0 fully saturated rings. The Bertz CT molecular complexity index is 1070. The van der Waals surface area contributed by atoms with Gasteiger partial charge < -0.3 is 9.84 Å². The molecule has 6 heteroatoms. The second kappa shape index (κ2) is 8.21. The van der Waals surface area contributed by atoms with E-state index in [9.17, 15) is 14.4 Å². The highest BCUT2D eigenvalue weighted by molar-refractivity contribution is 6.21. The smallest absolute Gasteiger partial charge is 0.335 e. The number of aromatic carboxylic acids is 1. The van der Waals surface area contributed by atoms with Crippen molar-refractivity contribution in [3.8, 4) is 5.75 Å². The maximum atomic E-state index is 12.4. The topological polar surface area (TPSA) is 83.9 Å². The Balaban J connectivity index is 1.31. The Morgan fingerprint density at radius 3 is 1.93 bits per heavy atom. The first kappa shape index (κ1) is 19.4. The van der Waals surface area contributed by atoms with Gasteiger partial charge in [-0.2, -0.15) is 0 Å². The molecule has 3 aromatic rings. The van der Waals surface area contributed by atoms with Gasteiger partial charge in [-0.25, -0.2) is 4.79 Å². The van der Waals surface area contributed by atoms with Gasteiger partial charge in [0.2, 0.25) is 0 Å². The number of rotatable bonds is 7. The zero-order valence-corrected chi connectivity index (χ0v) is 16.1. The van der Waals surface area contributed by atoms with Gasteiger partial charge in [0, 0.05) is 6.54 Å². The van der Waals surface area contributed by atoms with Crippen molar-refractivity contribution in [1.29, 1.82) is 0 Å². The minimum Gasteiger partial charge on any atom is -0.489 e. The van der Waals surface area contributed by atoms with Gasteiger partial charge >= 0.3 is 5.97 Å². The predicted octanol–water partition coefficient (Wildman–Crippen LogP) is 3.80. The number of benzene rings is 3. The van der Waals surface area contributed by atoms with Crippen LogP contribution in [-0.2, 0) is 13.0 Å². The number of fused-ring (bicyclic) bond motifs is 1. The van der Waals surface area contributed by atoms with Gasteiger partial charge in [0.1, 0.15) is 12.4 Å². The first-order valence-corrected chi connectivity index (χ1v) is 9.52. The molecule has 1 aliphatic heterocycles. The Morgan fingerprint density at radius 2 is 1.37 bits per heavy atom. The third kappa shape index (κ3) is 3.93. The lowest BCUT2D eigenvalue weighted by molar-refractivity contribution is 0.0652. The van der Waals surface area contributed by atoms with Crippen molar-refractivity contribution in [3.05, 3.63) is 101 Å². The van der Waals surface area contributed by atoms with Crippen molar-refractivity contribution in [2.24, 2.45) is 0 Å². The SMILES string of the molecule is O=C(O)c1ccc(COc2ccc(CCN3C(=O)c4ccccc4C3=O)cc2)cc1. The number of hydrogen-bond acceptors (Lipinski definition) is 4. The number of carboxylic acid groups (broad SMARTS) is 1. The van der Waals surface area contributed by atoms with Gasteiger partial charge in [0.05, 0.1) is 16.7 Å². The summed E-state index contributed by atoms with van der Waals surface area (Å²) in [6.07, 6.45) is 0.558. The largest absolute Gasteiger partial charge is 0.489 e. The van der Waals surface area contributed by atoms with E-state index in [4.69, 9.17) is 9.84 Å². The fraction of sp³-hybridized carbons (Fsp3) is 0.125. The standard InChI is InChI=1S/C24H19NO5/c26-22-20-3-1-2-4-21(20)23(27)25(22)14-13-16-7-11-19(12-8-16)30-15-17-5-9-18(10-6-17)24(28)29/h1-12H,13-15H2,(H,28,29). The van der Waals surface area contributed by atoms with Crippen LogP contribution in [0.1, 0.15) is 42.2 Å². The van der Waals surface area contributed by atoms with Crippen LogP contribution >= 0.6 is 0 Å². The van der Waals surface area contributed by atoms with Gasteiger partial charge in [-0.1, -0.05) is 36.4 Å². The highest BCUT2D eigenvalue weighted by atomic mass is 16.5. The van der Waals surface area contributed by atoms with Crippen molar-refractivity contribution in [2.45, 2.75) is 13.0 Å². The van der Waals surface area contributed by atoms with Crippen molar-refractivity contribution >= 4 is 17.8 Å². The van der Waals surface area contributed by atoms with Gasteiger partial charge in [0.15, 0.2) is 0 Å². The molecule has 0 saturated heterocycles. The molecule has 3 aromatic carbocycles. The van der Waals surface area contributed by atoms with Crippen molar-refractivity contribution in [3.63, 3.8) is 0 Å². The first-order valence-electron chi connectivity index (χ1n) is 9.52. The van der Waals surface area contributed by atoms with Gasteiger partial charge in [0.25, 0.3) is 11.8 Å². The molecule has 0 spiro atoms. The number of carbonyl (C=O) groups is 3. The van der Waals surface area contributed by atoms with Gasteiger partial charge in [-0.05, 0) is 53.9 Å². The zero-order valence-electron chi connectivity index (χ0n) is 16.1. The van der Waals surface area contributed by atoms with Crippen LogP contribution in [0, 0.1) is 0 Å². The number of carboxylic acids is 1. The average Bonchev–Trinajstić information content (AvgIpc) is 3.02. The molecule has 0 saturated carbocycles. The lowest BCUT2D eigenvalue weighted by atomic mass is 10.1. The van der Waals surface area contributed by atoms with Crippen LogP contribution in [0.15, 0.2) is 72.8 Å². The number of imide groups is 1. The van der Waals surface area contributed by atoms with E-state index in [1.165, 1.54) is 4.90 Å². The number of nitrogens with zero attached hydrogens (tertiary/aromatic N) is 1. The summed E-state index contributed by atoms with van der Waals surface area (Å²) in [7, 11) is 0. The molecule has 6 nitrogen and oxygen atoms in total. The lowest BCUT2D eigenvalue weighted by Gasteiger charge is -2.14. The third-order valence-corrected chi connectivity index (χ3v) is 5.03. The second-order valence-electron chi connectivity index (χ2n) is 6.99. The summed E-state index contributed by atoms with van der Waals surface area (Å²) in [5.74, 6) is -0.769. The van der Waals surface area contributed by atoms with Crippen molar-refractivity contribution in [1.82, 2.24) is 4.90 Å². The average molecular weight is 401 g/mol. The van der Waals surface area contributed by atoms with Crippen LogP contribution < -0.4 is 4.74 Å². The molecule has 4 rings (SSSR count). The molecule has 150 valence electrons. The molecule has 2 amide bonds. The van der Waals surface area contributed by atoms with E-state index < -0.39 is 5.97 Å². The zero-order chi connectivity index (χ0) is 21.1. The number of hydrogen-bond donors (Lipinski definition) is 1. The molecule has 0 radical (unpaired) electrons.